The molecule has 4 heterocycles. The van der Waals surface area contributed by atoms with E-state index in [4.69, 9.17) is 28.4 Å². The Morgan fingerprint density at radius 1 is 0.525 bits per heavy atom. The molecule has 0 aliphatic carbocycles. The van der Waals surface area contributed by atoms with E-state index in [0.29, 0.717) is 44.9 Å². The molecule has 0 fully saturated rings. The third-order valence-electron chi connectivity index (χ3n) is 12.2. The Bertz CT molecular complexity index is 3730. The average molecular weight is 1100 g/mol. The smallest absolute Gasteiger partial charge is 0.417 e. The van der Waals surface area contributed by atoms with Gasteiger partial charge in [-0.2, -0.15) is 14.8 Å². The van der Waals surface area contributed by atoms with E-state index in [9.17, 15) is 37.5 Å². The second kappa shape index (κ2) is 23.2. The molecule has 416 valence electrons. The lowest BCUT2D eigenvalue weighted by atomic mass is 9.95. The van der Waals surface area contributed by atoms with Gasteiger partial charge in [0.25, 0.3) is 11.8 Å². The lowest BCUT2D eigenvalue weighted by Crippen LogP contribution is -2.38. The number of methoxy groups -OCH3 is 4. The van der Waals surface area contributed by atoms with Crippen molar-refractivity contribution in [3.05, 3.63) is 142 Å². The lowest BCUT2D eigenvalue weighted by Gasteiger charge is -2.23. The van der Waals surface area contributed by atoms with Gasteiger partial charge in [-0.15, -0.1) is 14.8 Å². The maximum Gasteiger partial charge on any atom is 0.417 e. The van der Waals surface area contributed by atoms with Gasteiger partial charge in [-0.1, -0.05) is 0 Å². The van der Waals surface area contributed by atoms with Crippen LogP contribution in [-0.2, 0) is 18.9 Å². The topological polar surface area (TPSA) is 225 Å². The van der Waals surface area contributed by atoms with E-state index in [1.165, 1.54) is 113 Å². The van der Waals surface area contributed by atoms with Gasteiger partial charge in [-0.3, -0.25) is 9.59 Å². The summed E-state index contributed by atoms with van der Waals surface area (Å²) in [5.74, 6) is -2.84. The molecule has 4 aromatic heterocycles. The van der Waals surface area contributed by atoms with Crippen LogP contribution in [0, 0.1) is 25.5 Å². The number of halogens is 2. The maximum atomic E-state index is 14.0. The van der Waals surface area contributed by atoms with E-state index in [0.717, 1.165) is 20.9 Å². The van der Waals surface area contributed by atoms with Gasteiger partial charge in [-0.05, 0) is 163 Å². The van der Waals surface area contributed by atoms with Gasteiger partial charge in [0, 0.05) is 36.3 Å². The van der Waals surface area contributed by atoms with Gasteiger partial charge in [-0.25, -0.2) is 37.8 Å². The van der Waals surface area contributed by atoms with Gasteiger partial charge in [0.05, 0.1) is 52.0 Å². The molecule has 8 rings (SSSR count). The highest BCUT2D eigenvalue weighted by Gasteiger charge is 2.34. The number of aromatic nitrogens is 6. The largest absolute Gasteiger partial charge is 0.496 e. The van der Waals surface area contributed by atoms with E-state index < -0.39 is 58.8 Å². The molecule has 0 aliphatic heterocycles. The molecule has 0 bridgehead atoms. The molecule has 20 nitrogen and oxygen atoms in total. The summed E-state index contributed by atoms with van der Waals surface area (Å²) in [6.07, 6.45) is 1.33. The first-order valence-corrected chi connectivity index (χ1v) is 24.6. The highest BCUT2D eigenvalue weighted by Crippen LogP contribution is 2.38. The van der Waals surface area contributed by atoms with E-state index in [1.807, 2.05) is 13.8 Å². The minimum Gasteiger partial charge on any atom is -0.496 e. The molecule has 0 N–H and O–H groups in total. The van der Waals surface area contributed by atoms with E-state index in [1.54, 1.807) is 77.9 Å². The van der Waals surface area contributed by atoms with E-state index in [-0.39, 0.29) is 44.7 Å². The second-order valence-electron chi connectivity index (χ2n) is 20.1. The molecule has 0 radical (unpaired) electrons. The first-order valence-electron chi connectivity index (χ1n) is 24.6. The number of esters is 2. The summed E-state index contributed by atoms with van der Waals surface area (Å²) >= 11 is 0. The molecule has 8 aromatic rings. The zero-order valence-corrected chi connectivity index (χ0v) is 46.5. The summed E-state index contributed by atoms with van der Waals surface area (Å²) in [7, 11) is 8.05. The Hall–Kier alpha value is -9.60. The molecule has 22 heteroatoms. The fourth-order valence-corrected chi connectivity index (χ4v) is 8.32. The van der Waals surface area contributed by atoms with Crippen molar-refractivity contribution in [1.82, 2.24) is 39.5 Å². The van der Waals surface area contributed by atoms with Gasteiger partial charge in [0.1, 0.15) is 67.9 Å². The molecule has 0 aliphatic rings. The number of imide groups is 2. The fraction of sp³-hybridized carbons (Fsp3) is 0.276. The van der Waals surface area contributed by atoms with Crippen LogP contribution in [0.4, 0.5) is 18.4 Å². The molecule has 80 heavy (non-hydrogen) atoms. The van der Waals surface area contributed by atoms with Crippen molar-refractivity contribution in [2.24, 2.45) is 0 Å². The molecule has 4 aromatic carbocycles. The molecular formula is C58H58F2N8O12. The van der Waals surface area contributed by atoms with Gasteiger partial charge in [0.15, 0.2) is 0 Å². The zero-order valence-electron chi connectivity index (χ0n) is 46.5. The first kappa shape index (κ1) is 58.1. The van der Waals surface area contributed by atoms with Crippen LogP contribution in [0.1, 0.15) is 94.1 Å². The number of fused-ring (bicyclic) bond motifs is 2. The minimum absolute atomic E-state index is 0.0397. The van der Waals surface area contributed by atoms with Crippen molar-refractivity contribution in [3.8, 4) is 56.3 Å². The van der Waals surface area contributed by atoms with Crippen LogP contribution < -0.4 is 9.47 Å². The molecular weight excluding hydrogens is 1040 g/mol. The van der Waals surface area contributed by atoms with E-state index in [2.05, 4.69) is 20.4 Å². The minimum atomic E-state index is -0.860. The quantitative estimate of drug-likeness (QED) is 0.0917. The summed E-state index contributed by atoms with van der Waals surface area (Å²) in [6.45, 7) is 13.8. The number of hydrogen-bond acceptors (Lipinski definition) is 16. The van der Waals surface area contributed by atoms with Crippen LogP contribution in [0.3, 0.4) is 0 Å². The standard InChI is InChI=1S/2C29H29FN4O6/c1-16-12-23(38-6)21(27(36)39-7)14-20(16)18-13-22-24(26(35)33(5)28(37)40-29(2,3)4)25(32-34(22)31-15-18)17-8-10-19(30)11-9-17;1-16-14-22(38-6)21(27(36)39-7)15-20(16)19-12-13-31-34-25(19)23(24(32-34)17-8-10-18(30)11-9-17)26(35)33(5)28(37)40-29(2,3)4/h2*8-15H,1-7H3. The van der Waals surface area contributed by atoms with Crippen LogP contribution in [0.2, 0.25) is 0 Å². The van der Waals surface area contributed by atoms with Crippen LogP contribution in [0.25, 0.3) is 55.8 Å². The van der Waals surface area contributed by atoms with Crippen molar-refractivity contribution >= 4 is 47.0 Å². The Kier molecular flexibility index (Phi) is 16.8. The molecule has 0 saturated carbocycles. The normalized spacial score (nSPS) is 11.3. The summed E-state index contributed by atoms with van der Waals surface area (Å²) in [4.78, 5) is 80.1. The van der Waals surface area contributed by atoms with Crippen LogP contribution >= 0.6 is 0 Å². The van der Waals surface area contributed by atoms with Crippen molar-refractivity contribution in [1.29, 1.82) is 0 Å². The summed E-state index contributed by atoms with van der Waals surface area (Å²) in [5, 5.41) is 17.7. The summed E-state index contributed by atoms with van der Waals surface area (Å²) in [5.41, 5.74) is 4.42. The van der Waals surface area contributed by atoms with Crippen molar-refractivity contribution < 1.29 is 66.0 Å². The number of rotatable bonds is 10. The maximum absolute atomic E-state index is 14.0. The number of benzene rings is 4. The number of nitrogens with zero attached hydrogens (tertiary/aromatic N) is 8. The van der Waals surface area contributed by atoms with Crippen LogP contribution in [0.15, 0.2) is 97.3 Å². The number of ether oxygens (including phenoxy) is 6. The van der Waals surface area contributed by atoms with Crippen molar-refractivity contribution in [2.75, 3.05) is 42.5 Å². The van der Waals surface area contributed by atoms with Gasteiger partial charge >= 0.3 is 24.1 Å². The number of amides is 4. The third-order valence-corrected chi connectivity index (χ3v) is 12.2. The van der Waals surface area contributed by atoms with Crippen LogP contribution in [0.5, 0.6) is 11.5 Å². The van der Waals surface area contributed by atoms with Crippen LogP contribution in [-0.4, -0.2) is 129 Å². The molecule has 4 amide bonds. The highest BCUT2D eigenvalue weighted by atomic mass is 19.1. The number of aryl methyl sites for hydroxylation is 2. The third kappa shape index (κ3) is 12.2. The molecule has 0 unspecified atom stereocenters. The molecule has 0 atom stereocenters. The Morgan fingerprint density at radius 2 is 0.963 bits per heavy atom. The number of hydrogen-bond donors (Lipinski definition) is 0. The Balaban J connectivity index is 0.000000231. The van der Waals surface area contributed by atoms with Gasteiger partial charge < -0.3 is 28.4 Å². The van der Waals surface area contributed by atoms with Crippen molar-refractivity contribution in [2.45, 2.75) is 66.6 Å². The van der Waals surface area contributed by atoms with Gasteiger partial charge in [0.2, 0.25) is 0 Å². The Morgan fingerprint density at radius 3 is 1.43 bits per heavy atom. The highest BCUT2D eigenvalue weighted by molar-refractivity contribution is 6.14. The predicted octanol–water partition coefficient (Wildman–Crippen LogP) is 10.6. The Labute approximate surface area is 458 Å². The predicted molar refractivity (Wildman–Crippen MR) is 290 cm³/mol. The van der Waals surface area contributed by atoms with Crippen molar-refractivity contribution in [3.63, 3.8) is 0 Å². The SMILES string of the molecule is COC(=O)c1cc(-c2ccnn3nc(-c4ccc(F)cc4)c(C(=O)N(C)C(=O)OC(C)(C)C)c23)c(C)cc1OC.COC(=O)c1cc(-c2cnn3nc(-c4ccc(F)cc4)c(C(=O)N(C)C(=O)OC(C)(C)C)c3c2)c(C)cc1OC. The summed E-state index contributed by atoms with van der Waals surface area (Å²) in [6, 6.07) is 20.9. The molecule has 0 saturated heterocycles. The first-order chi connectivity index (χ1) is 37.7. The monoisotopic (exact) mass is 1100 g/mol. The fourth-order valence-electron chi connectivity index (χ4n) is 8.32. The number of carbonyl (C=O) groups excluding carboxylic acids is 6. The second-order valence-corrected chi connectivity index (χ2v) is 20.1. The molecule has 0 spiro atoms. The lowest BCUT2D eigenvalue weighted by molar-refractivity contribution is 0.0268. The summed E-state index contributed by atoms with van der Waals surface area (Å²) < 4.78 is 61.4. The zero-order chi connectivity index (χ0) is 58.7. The van der Waals surface area contributed by atoms with E-state index >= 15 is 0 Å². The average Bonchev–Trinajstić information content (AvgIpc) is 4.23. The number of carbonyl (C=O) groups is 6.